The molecule has 0 fully saturated rings. The first-order valence-electron chi connectivity index (χ1n) is 3.05. The van der Waals surface area contributed by atoms with Gasteiger partial charge in [-0.1, -0.05) is 12.2 Å². The van der Waals surface area contributed by atoms with Gasteiger partial charge in [0.05, 0.1) is 0 Å². The third-order valence-electron chi connectivity index (χ3n) is 1.39. The first-order chi connectivity index (χ1) is 4.33. The maximum atomic E-state index is 8.87. The van der Waals surface area contributed by atoms with Crippen molar-refractivity contribution in [1.29, 1.82) is 0 Å². The summed E-state index contributed by atoms with van der Waals surface area (Å²) in [5, 5.41) is 8.87. The Labute approximate surface area is 55.0 Å². The van der Waals surface area contributed by atoms with Crippen molar-refractivity contribution in [3.05, 3.63) is 35.6 Å². The second-order valence-corrected chi connectivity index (χ2v) is 2.03. The first-order valence-corrected chi connectivity index (χ1v) is 3.05. The summed E-state index contributed by atoms with van der Waals surface area (Å²) in [5.74, 6) is 0.376. The second kappa shape index (κ2) is 2.53. The predicted molar refractivity (Wildman–Crippen MR) is 38.2 cm³/mol. The molecule has 0 unspecified atom stereocenters. The molecule has 0 bridgehead atoms. The maximum absolute atomic E-state index is 8.87. The molecule has 9 heavy (non-hydrogen) atoms. The third kappa shape index (κ3) is 1.46. The SMILES string of the molecule is CC=C1C=CC(O)=CC1. The predicted octanol–water partition coefficient (Wildman–Crippen LogP) is 2.33. The average Bonchev–Trinajstić information content (AvgIpc) is 1.90. The minimum atomic E-state index is 0.376. The summed E-state index contributed by atoms with van der Waals surface area (Å²) in [6.45, 7) is 2.00. The third-order valence-corrected chi connectivity index (χ3v) is 1.39. The topological polar surface area (TPSA) is 20.2 Å². The van der Waals surface area contributed by atoms with Crippen molar-refractivity contribution in [2.75, 3.05) is 0 Å². The lowest BCUT2D eigenvalue weighted by atomic mass is 10.1. The van der Waals surface area contributed by atoms with Gasteiger partial charge in [0.1, 0.15) is 5.76 Å². The van der Waals surface area contributed by atoms with Crippen LogP contribution in [-0.4, -0.2) is 5.11 Å². The van der Waals surface area contributed by atoms with Crippen molar-refractivity contribution in [1.82, 2.24) is 0 Å². The van der Waals surface area contributed by atoms with E-state index in [-0.39, 0.29) is 0 Å². The van der Waals surface area contributed by atoms with Gasteiger partial charge in [0.15, 0.2) is 0 Å². The molecule has 0 atom stereocenters. The van der Waals surface area contributed by atoms with Gasteiger partial charge in [-0.25, -0.2) is 0 Å². The van der Waals surface area contributed by atoms with Crippen LogP contribution in [-0.2, 0) is 0 Å². The van der Waals surface area contributed by atoms with Crippen molar-refractivity contribution in [3.63, 3.8) is 0 Å². The van der Waals surface area contributed by atoms with E-state index in [1.807, 2.05) is 19.1 Å². The highest BCUT2D eigenvalue weighted by atomic mass is 16.3. The molecular formula is C8H10O. The summed E-state index contributed by atoms with van der Waals surface area (Å²) in [4.78, 5) is 0. The fourth-order valence-electron chi connectivity index (χ4n) is 0.765. The van der Waals surface area contributed by atoms with Gasteiger partial charge >= 0.3 is 0 Å². The molecule has 0 heterocycles. The number of rotatable bonds is 0. The zero-order valence-electron chi connectivity index (χ0n) is 5.46. The lowest BCUT2D eigenvalue weighted by Gasteiger charge is -2.01. The van der Waals surface area contributed by atoms with Crippen molar-refractivity contribution in [2.45, 2.75) is 13.3 Å². The Balaban J connectivity index is 2.70. The van der Waals surface area contributed by atoms with E-state index < -0.39 is 0 Å². The molecule has 0 radical (unpaired) electrons. The first kappa shape index (κ1) is 6.14. The van der Waals surface area contributed by atoms with E-state index in [1.165, 1.54) is 5.57 Å². The summed E-state index contributed by atoms with van der Waals surface area (Å²) < 4.78 is 0. The molecule has 1 aliphatic carbocycles. The average molecular weight is 122 g/mol. The molecule has 0 aromatic rings. The van der Waals surface area contributed by atoms with E-state index in [0.29, 0.717) is 5.76 Å². The fraction of sp³-hybridized carbons (Fsp3) is 0.250. The number of allylic oxidation sites excluding steroid dienone is 5. The molecule has 0 aliphatic heterocycles. The Bertz CT molecular complexity index is 185. The number of hydrogen-bond donors (Lipinski definition) is 1. The molecule has 1 nitrogen and oxygen atoms in total. The van der Waals surface area contributed by atoms with E-state index in [9.17, 15) is 0 Å². The lowest BCUT2D eigenvalue weighted by Crippen LogP contribution is -1.84. The van der Waals surface area contributed by atoms with Crippen molar-refractivity contribution in [3.8, 4) is 0 Å². The van der Waals surface area contributed by atoms with Gasteiger partial charge in [-0.2, -0.15) is 0 Å². The van der Waals surface area contributed by atoms with Crippen molar-refractivity contribution >= 4 is 0 Å². The standard InChI is InChI=1S/C8H10O/c1-2-7-3-5-8(9)6-4-7/h2-3,5-6,9H,4H2,1H3. The summed E-state index contributed by atoms with van der Waals surface area (Å²) in [7, 11) is 0. The molecule has 1 N–H and O–H groups in total. The van der Waals surface area contributed by atoms with Gasteiger partial charge in [-0.05, 0) is 31.1 Å². The molecule has 0 aromatic carbocycles. The Morgan fingerprint density at radius 3 is 2.78 bits per heavy atom. The molecule has 0 amide bonds. The van der Waals surface area contributed by atoms with Crippen LogP contribution in [0.25, 0.3) is 0 Å². The molecule has 0 spiro atoms. The number of aliphatic hydroxyl groups excluding tert-OH is 1. The zero-order chi connectivity index (χ0) is 6.69. The smallest absolute Gasteiger partial charge is 0.111 e. The zero-order valence-corrected chi connectivity index (χ0v) is 5.46. The van der Waals surface area contributed by atoms with Gasteiger partial charge in [0.25, 0.3) is 0 Å². The Kier molecular flexibility index (Phi) is 1.73. The maximum Gasteiger partial charge on any atom is 0.111 e. The van der Waals surface area contributed by atoms with Crippen LogP contribution < -0.4 is 0 Å². The van der Waals surface area contributed by atoms with Crippen LogP contribution in [0, 0.1) is 0 Å². The Hall–Kier alpha value is -0.980. The minimum absolute atomic E-state index is 0.376. The van der Waals surface area contributed by atoms with Crippen LogP contribution in [0.1, 0.15) is 13.3 Å². The molecule has 0 aromatic heterocycles. The summed E-state index contributed by atoms with van der Waals surface area (Å²) in [6.07, 6.45) is 8.34. The highest BCUT2D eigenvalue weighted by Crippen LogP contribution is 2.12. The van der Waals surface area contributed by atoms with Crippen molar-refractivity contribution in [2.24, 2.45) is 0 Å². The summed E-state index contributed by atoms with van der Waals surface area (Å²) in [6, 6.07) is 0. The minimum Gasteiger partial charge on any atom is -0.508 e. The quantitative estimate of drug-likeness (QED) is 0.522. The monoisotopic (exact) mass is 122 g/mol. The second-order valence-electron chi connectivity index (χ2n) is 2.03. The highest BCUT2D eigenvalue weighted by Gasteiger charge is 1.95. The lowest BCUT2D eigenvalue weighted by molar-refractivity contribution is 0.429. The van der Waals surface area contributed by atoms with Crippen LogP contribution in [0.2, 0.25) is 0 Å². The molecule has 1 rings (SSSR count). The Morgan fingerprint density at radius 1 is 1.56 bits per heavy atom. The molecule has 1 aliphatic rings. The van der Waals surface area contributed by atoms with Crippen molar-refractivity contribution < 1.29 is 5.11 Å². The van der Waals surface area contributed by atoms with E-state index in [4.69, 9.17) is 5.11 Å². The van der Waals surface area contributed by atoms with E-state index >= 15 is 0 Å². The molecule has 0 saturated heterocycles. The fourth-order valence-corrected chi connectivity index (χ4v) is 0.765. The normalized spacial score (nSPS) is 22.3. The Morgan fingerprint density at radius 2 is 2.33 bits per heavy atom. The van der Waals surface area contributed by atoms with Crippen LogP contribution in [0.5, 0.6) is 0 Å². The van der Waals surface area contributed by atoms with E-state index in [1.54, 1.807) is 12.2 Å². The molecular weight excluding hydrogens is 112 g/mol. The number of aliphatic hydroxyl groups is 1. The molecule has 48 valence electrons. The summed E-state index contributed by atoms with van der Waals surface area (Å²) in [5.41, 5.74) is 1.26. The van der Waals surface area contributed by atoms with Crippen LogP contribution in [0.4, 0.5) is 0 Å². The molecule has 1 heteroatoms. The highest BCUT2D eigenvalue weighted by molar-refractivity contribution is 5.31. The van der Waals surface area contributed by atoms with Crippen LogP contribution in [0.15, 0.2) is 35.6 Å². The molecule has 0 saturated carbocycles. The van der Waals surface area contributed by atoms with Crippen LogP contribution >= 0.6 is 0 Å². The largest absolute Gasteiger partial charge is 0.508 e. The summed E-state index contributed by atoms with van der Waals surface area (Å²) >= 11 is 0. The van der Waals surface area contributed by atoms with Gasteiger partial charge in [-0.3, -0.25) is 0 Å². The van der Waals surface area contributed by atoms with Gasteiger partial charge < -0.3 is 5.11 Å². The van der Waals surface area contributed by atoms with E-state index in [0.717, 1.165) is 6.42 Å². The van der Waals surface area contributed by atoms with Gasteiger partial charge in [-0.15, -0.1) is 0 Å². The van der Waals surface area contributed by atoms with Gasteiger partial charge in [0.2, 0.25) is 0 Å². The van der Waals surface area contributed by atoms with Gasteiger partial charge in [0, 0.05) is 0 Å². The van der Waals surface area contributed by atoms with Crippen LogP contribution in [0.3, 0.4) is 0 Å². The number of hydrogen-bond acceptors (Lipinski definition) is 1. The van der Waals surface area contributed by atoms with E-state index in [2.05, 4.69) is 0 Å².